The highest BCUT2D eigenvalue weighted by Gasteiger charge is 2.31. The van der Waals surface area contributed by atoms with Crippen LogP contribution in [-0.4, -0.2) is 36.6 Å². The molecule has 1 fully saturated rings. The summed E-state index contributed by atoms with van der Waals surface area (Å²) in [6, 6.07) is 20.3. The Morgan fingerprint density at radius 2 is 1.80 bits per heavy atom. The molecule has 2 atom stereocenters. The van der Waals surface area contributed by atoms with Gasteiger partial charge in [-0.25, -0.2) is 0 Å². The summed E-state index contributed by atoms with van der Waals surface area (Å²) in [5.74, 6) is 6.28. The minimum absolute atomic E-state index is 0.0627. The van der Waals surface area contributed by atoms with Gasteiger partial charge in [0.2, 0.25) is 0 Å². The minimum Gasteiger partial charge on any atom is -0.302 e. The Balaban J connectivity index is 1.56. The van der Waals surface area contributed by atoms with Gasteiger partial charge in [0.1, 0.15) is 0 Å². The first-order valence-corrected chi connectivity index (χ1v) is 8.43. The average molecular weight is 331 g/mol. The third-order valence-corrected chi connectivity index (χ3v) is 4.27. The summed E-state index contributed by atoms with van der Waals surface area (Å²) in [4.78, 5) is 5.32. The number of rotatable bonds is 5. The molecule has 0 spiro atoms. The van der Waals surface area contributed by atoms with Crippen LogP contribution in [0.15, 0.2) is 65.8 Å². The Morgan fingerprint density at radius 1 is 1.08 bits per heavy atom. The van der Waals surface area contributed by atoms with E-state index in [1.165, 1.54) is 5.56 Å². The summed E-state index contributed by atoms with van der Waals surface area (Å²) in [5, 5.41) is 7.38. The molecule has 3 rings (SSSR count). The molecule has 0 aliphatic carbocycles. The number of benzene rings is 2. The van der Waals surface area contributed by atoms with Crippen LogP contribution in [0.4, 0.5) is 0 Å². The largest absolute Gasteiger partial charge is 0.302 e. The van der Waals surface area contributed by atoms with Crippen LogP contribution in [-0.2, 0) is 6.54 Å². The molecule has 0 bridgehead atoms. The van der Waals surface area contributed by atoms with Gasteiger partial charge in [-0.05, 0) is 23.2 Å². The monoisotopic (exact) mass is 331 g/mol. The maximum Gasteiger partial charge on any atom is 0.0667 e. The third kappa shape index (κ3) is 5.10. The smallest absolute Gasteiger partial charge is 0.0667 e. The van der Waals surface area contributed by atoms with Crippen molar-refractivity contribution in [1.82, 2.24) is 10.2 Å². The number of nitrogens with zero attached hydrogens (tertiary/aromatic N) is 4. The van der Waals surface area contributed by atoms with E-state index in [9.17, 15) is 0 Å². The summed E-state index contributed by atoms with van der Waals surface area (Å²) in [6.45, 7) is 3.07. The third-order valence-electron chi connectivity index (χ3n) is 4.27. The molecule has 1 saturated heterocycles. The van der Waals surface area contributed by atoms with Crippen LogP contribution in [0.3, 0.4) is 0 Å². The van der Waals surface area contributed by atoms with E-state index < -0.39 is 0 Å². The van der Waals surface area contributed by atoms with Crippen LogP contribution < -0.4 is 5.32 Å². The molecule has 0 radical (unpaired) electrons. The van der Waals surface area contributed by atoms with Gasteiger partial charge in [0.15, 0.2) is 0 Å². The highest BCUT2D eigenvalue weighted by Crippen LogP contribution is 2.17. The number of nitrogens with one attached hydrogen (secondary N) is 1. The zero-order chi connectivity index (χ0) is 17.3. The van der Waals surface area contributed by atoms with E-state index in [4.69, 9.17) is 5.53 Å². The molecule has 1 aliphatic heterocycles. The Hall–Kier alpha value is -2.77. The van der Waals surface area contributed by atoms with Crippen molar-refractivity contribution in [1.29, 1.82) is 0 Å². The van der Waals surface area contributed by atoms with Gasteiger partial charge >= 0.3 is 0 Å². The van der Waals surface area contributed by atoms with Crippen LogP contribution in [0.1, 0.15) is 11.1 Å². The highest BCUT2D eigenvalue weighted by molar-refractivity contribution is 5.33. The van der Waals surface area contributed by atoms with Gasteiger partial charge in [-0.15, -0.1) is 0 Å². The summed E-state index contributed by atoms with van der Waals surface area (Å²) >= 11 is 0. The van der Waals surface area contributed by atoms with E-state index in [0.717, 1.165) is 25.2 Å². The summed E-state index contributed by atoms with van der Waals surface area (Å²) in [6.07, 6.45) is 0. The van der Waals surface area contributed by atoms with Crippen LogP contribution in [0.2, 0.25) is 0 Å². The van der Waals surface area contributed by atoms with Crippen molar-refractivity contribution < 1.29 is 0 Å². The molecule has 126 valence electrons. The molecular formula is C20H21N5. The van der Waals surface area contributed by atoms with E-state index in [2.05, 4.69) is 44.2 Å². The van der Waals surface area contributed by atoms with Gasteiger partial charge in [-0.1, -0.05) is 65.5 Å². The quantitative estimate of drug-likeness (QED) is 0.396. The molecule has 0 unspecified atom stereocenters. The van der Waals surface area contributed by atoms with Crippen LogP contribution >= 0.6 is 0 Å². The van der Waals surface area contributed by atoms with Crippen molar-refractivity contribution in [3.63, 3.8) is 0 Å². The highest BCUT2D eigenvalue weighted by atomic mass is 15.3. The lowest BCUT2D eigenvalue weighted by Crippen LogP contribution is -2.38. The maximum absolute atomic E-state index is 8.82. The Bertz CT molecular complexity index is 772. The Kier molecular flexibility index (Phi) is 6.08. The summed E-state index contributed by atoms with van der Waals surface area (Å²) in [5.41, 5.74) is 11.1. The Labute approximate surface area is 148 Å². The van der Waals surface area contributed by atoms with Gasteiger partial charge in [0, 0.05) is 36.2 Å². The van der Waals surface area contributed by atoms with E-state index >= 15 is 0 Å². The zero-order valence-corrected chi connectivity index (χ0v) is 14.0. The number of azide groups is 1. The van der Waals surface area contributed by atoms with Crippen molar-refractivity contribution in [2.75, 3.05) is 19.6 Å². The van der Waals surface area contributed by atoms with Gasteiger partial charge < -0.3 is 5.32 Å². The fourth-order valence-corrected chi connectivity index (χ4v) is 3.07. The van der Waals surface area contributed by atoms with Crippen molar-refractivity contribution >= 4 is 0 Å². The first-order chi connectivity index (χ1) is 12.3. The number of likely N-dealkylation sites (tertiary alicyclic amines) is 1. The molecule has 1 N–H and O–H groups in total. The van der Waals surface area contributed by atoms with E-state index in [0.29, 0.717) is 6.54 Å². The second kappa shape index (κ2) is 8.91. The fraction of sp³-hybridized carbons (Fsp3) is 0.300. The lowest BCUT2D eigenvalue weighted by atomic mass is 10.2. The molecule has 0 amide bonds. The lowest BCUT2D eigenvalue weighted by Gasteiger charge is -2.16. The normalized spacial score (nSPS) is 19.7. The second-order valence-corrected chi connectivity index (χ2v) is 6.11. The van der Waals surface area contributed by atoms with E-state index in [1.807, 2.05) is 48.5 Å². The molecule has 2 aromatic carbocycles. The van der Waals surface area contributed by atoms with Crippen molar-refractivity contribution in [2.45, 2.75) is 18.6 Å². The molecule has 2 aromatic rings. The molecule has 25 heavy (non-hydrogen) atoms. The lowest BCUT2D eigenvalue weighted by molar-refractivity contribution is 0.320. The van der Waals surface area contributed by atoms with Crippen molar-refractivity contribution in [3.05, 3.63) is 82.2 Å². The molecule has 1 aliphatic rings. The summed E-state index contributed by atoms with van der Waals surface area (Å²) < 4.78 is 0. The molecule has 5 heteroatoms. The zero-order valence-electron chi connectivity index (χ0n) is 14.0. The SMILES string of the molecule is [N-]=[N+]=N[C@@H]1CN(Cc2ccccc2)C[C@@H]1NCC#Cc1ccccc1. The van der Waals surface area contributed by atoms with Crippen LogP contribution in [0, 0.1) is 11.8 Å². The predicted molar refractivity (Wildman–Crippen MR) is 99.8 cm³/mol. The molecule has 5 nitrogen and oxygen atoms in total. The molecule has 1 heterocycles. The average Bonchev–Trinajstić information content (AvgIpc) is 3.02. The predicted octanol–water partition coefficient (Wildman–Crippen LogP) is 3.19. The standard InChI is InChI=1S/C20H21N5/c21-24-23-20-16-25(14-18-10-5-2-6-11-18)15-19(20)22-13-7-12-17-8-3-1-4-9-17/h1-6,8-11,19-20,22H,13-16H2/t19-,20+/m0/s1. The van der Waals surface area contributed by atoms with Gasteiger partial charge in [0.25, 0.3) is 0 Å². The van der Waals surface area contributed by atoms with Gasteiger partial charge in [-0.2, -0.15) is 0 Å². The second-order valence-electron chi connectivity index (χ2n) is 6.11. The minimum atomic E-state index is -0.0627. The van der Waals surface area contributed by atoms with Gasteiger partial charge in [0.05, 0.1) is 12.6 Å². The maximum atomic E-state index is 8.82. The van der Waals surface area contributed by atoms with E-state index in [1.54, 1.807) is 0 Å². The molecular weight excluding hydrogens is 310 g/mol. The van der Waals surface area contributed by atoms with E-state index in [-0.39, 0.29) is 12.1 Å². The number of hydrogen-bond acceptors (Lipinski definition) is 3. The fourth-order valence-electron chi connectivity index (χ4n) is 3.07. The number of hydrogen-bond donors (Lipinski definition) is 1. The summed E-state index contributed by atoms with van der Waals surface area (Å²) in [7, 11) is 0. The Morgan fingerprint density at radius 3 is 2.52 bits per heavy atom. The van der Waals surface area contributed by atoms with Crippen LogP contribution in [0.25, 0.3) is 10.4 Å². The molecule has 0 aromatic heterocycles. The van der Waals surface area contributed by atoms with Crippen molar-refractivity contribution in [2.24, 2.45) is 5.11 Å². The van der Waals surface area contributed by atoms with Crippen molar-refractivity contribution in [3.8, 4) is 11.8 Å². The van der Waals surface area contributed by atoms with Crippen LogP contribution in [0.5, 0.6) is 0 Å². The first kappa shape index (κ1) is 17.1. The topological polar surface area (TPSA) is 64.0 Å². The van der Waals surface area contributed by atoms with Gasteiger partial charge in [-0.3, -0.25) is 4.90 Å². The molecule has 0 saturated carbocycles. The first-order valence-electron chi connectivity index (χ1n) is 8.43.